The van der Waals surface area contributed by atoms with Crippen LogP contribution in [-0.4, -0.2) is 45.2 Å². The van der Waals surface area contributed by atoms with Gasteiger partial charge in [-0.1, -0.05) is 26.8 Å². The van der Waals surface area contributed by atoms with Crippen LogP contribution in [0.3, 0.4) is 0 Å². The van der Waals surface area contributed by atoms with Crippen LogP contribution in [0, 0.1) is 5.41 Å². The third kappa shape index (κ3) is 8.74. The minimum atomic E-state index is -0.118. The lowest BCUT2D eigenvalue weighted by atomic mass is 9.89. The Balaban J connectivity index is 2.33. The van der Waals surface area contributed by atoms with Gasteiger partial charge in [0.25, 0.3) is 5.91 Å². The maximum absolute atomic E-state index is 12.1. The number of carbonyl (C=O) groups is 1. The first-order valence-corrected chi connectivity index (χ1v) is 9.14. The predicted molar refractivity (Wildman–Crippen MR) is 108 cm³/mol. The molecule has 146 valence electrons. The first kappa shape index (κ1) is 21.8. The SMILES string of the molecule is CN=C(NCCNC(=O)c1cccc(OC)c1)NC(C)CCC(C)(C)C. The normalized spacial score (nSPS) is 13.1. The summed E-state index contributed by atoms with van der Waals surface area (Å²) in [4.78, 5) is 16.4. The number of amides is 1. The van der Waals surface area contributed by atoms with Gasteiger partial charge in [-0.2, -0.15) is 0 Å². The maximum atomic E-state index is 12.1. The van der Waals surface area contributed by atoms with E-state index in [1.165, 1.54) is 0 Å². The third-order valence-electron chi connectivity index (χ3n) is 3.97. The van der Waals surface area contributed by atoms with Crippen molar-refractivity contribution in [3.8, 4) is 5.75 Å². The summed E-state index contributed by atoms with van der Waals surface area (Å²) in [5.41, 5.74) is 0.916. The first-order chi connectivity index (χ1) is 12.2. The fourth-order valence-corrected chi connectivity index (χ4v) is 2.37. The highest BCUT2D eigenvalue weighted by atomic mass is 16.5. The Hall–Kier alpha value is -2.24. The van der Waals surface area contributed by atoms with Crippen LogP contribution in [0.25, 0.3) is 0 Å². The molecule has 6 nitrogen and oxygen atoms in total. The average molecular weight is 363 g/mol. The molecule has 0 aromatic heterocycles. The van der Waals surface area contributed by atoms with Crippen molar-refractivity contribution < 1.29 is 9.53 Å². The van der Waals surface area contributed by atoms with Crippen molar-refractivity contribution in [2.75, 3.05) is 27.2 Å². The third-order valence-corrected chi connectivity index (χ3v) is 3.97. The average Bonchev–Trinajstić information content (AvgIpc) is 2.61. The molecule has 1 atom stereocenters. The largest absolute Gasteiger partial charge is 0.497 e. The highest BCUT2D eigenvalue weighted by Gasteiger charge is 2.13. The number of aliphatic imine (C=N–C) groups is 1. The molecule has 3 N–H and O–H groups in total. The fourth-order valence-electron chi connectivity index (χ4n) is 2.37. The van der Waals surface area contributed by atoms with Gasteiger partial charge in [0.2, 0.25) is 0 Å². The van der Waals surface area contributed by atoms with Crippen LogP contribution in [0.1, 0.15) is 50.9 Å². The van der Waals surface area contributed by atoms with Gasteiger partial charge in [-0.15, -0.1) is 0 Å². The minimum absolute atomic E-state index is 0.118. The quantitative estimate of drug-likeness (QED) is 0.378. The number of hydrogen-bond acceptors (Lipinski definition) is 3. The Bertz CT molecular complexity index is 594. The number of methoxy groups -OCH3 is 1. The Kier molecular flexibility index (Phi) is 8.96. The van der Waals surface area contributed by atoms with E-state index in [-0.39, 0.29) is 5.91 Å². The Morgan fingerprint density at radius 3 is 2.54 bits per heavy atom. The van der Waals surface area contributed by atoms with E-state index in [1.54, 1.807) is 32.4 Å². The molecule has 0 bridgehead atoms. The molecule has 1 amide bonds. The van der Waals surface area contributed by atoms with Gasteiger partial charge in [-0.05, 0) is 43.4 Å². The summed E-state index contributed by atoms with van der Waals surface area (Å²) >= 11 is 0. The van der Waals surface area contributed by atoms with E-state index in [2.05, 4.69) is 48.6 Å². The standard InChI is InChI=1S/C20H34N4O2/c1-15(10-11-20(2,3)4)24-19(21-5)23-13-12-22-18(25)16-8-7-9-17(14-16)26-6/h7-9,14-15H,10-13H2,1-6H3,(H,22,25)(H2,21,23,24). The molecule has 6 heteroatoms. The monoisotopic (exact) mass is 362 g/mol. The Morgan fingerprint density at radius 2 is 1.92 bits per heavy atom. The topological polar surface area (TPSA) is 74.8 Å². The van der Waals surface area contributed by atoms with Gasteiger partial charge < -0.3 is 20.7 Å². The molecule has 0 aliphatic carbocycles. The number of nitrogens with zero attached hydrogens (tertiary/aromatic N) is 1. The maximum Gasteiger partial charge on any atom is 0.251 e. The fraction of sp³-hybridized carbons (Fsp3) is 0.600. The summed E-state index contributed by atoms with van der Waals surface area (Å²) in [7, 11) is 3.34. The number of carbonyl (C=O) groups excluding carboxylic acids is 1. The zero-order chi connectivity index (χ0) is 19.6. The van der Waals surface area contributed by atoms with Crippen LogP contribution in [-0.2, 0) is 0 Å². The summed E-state index contributed by atoms with van der Waals surface area (Å²) in [6.07, 6.45) is 2.23. The summed E-state index contributed by atoms with van der Waals surface area (Å²) < 4.78 is 5.14. The van der Waals surface area contributed by atoms with Crippen LogP contribution >= 0.6 is 0 Å². The summed E-state index contributed by atoms with van der Waals surface area (Å²) in [5.74, 6) is 1.30. The number of benzene rings is 1. The molecule has 1 aromatic rings. The van der Waals surface area contributed by atoms with E-state index in [9.17, 15) is 4.79 Å². The van der Waals surface area contributed by atoms with E-state index < -0.39 is 0 Å². The number of nitrogens with one attached hydrogen (secondary N) is 3. The number of guanidine groups is 1. The van der Waals surface area contributed by atoms with Gasteiger partial charge in [-0.3, -0.25) is 9.79 Å². The minimum Gasteiger partial charge on any atom is -0.497 e. The van der Waals surface area contributed by atoms with E-state index in [0.717, 1.165) is 18.8 Å². The number of ether oxygens (including phenoxy) is 1. The molecule has 1 aromatic carbocycles. The number of rotatable bonds is 8. The van der Waals surface area contributed by atoms with Crippen molar-refractivity contribution in [1.29, 1.82) is 0 Å². The molecule has 0 aliphatic rings. The molecular weight excluding hydrogens is 328 g/mol. The molecule has 0 saturated heterocycles. The molecule has 1 unspecified atom stereocenters. The molecule has 26 heavy (non-hydrogen) atoms. The second-order valence-electron chi connectivity index (χ2n) is 7.63. The van der Waals surface area contributed by atoms with Crippen molar-refractivity contribution >= 4 is 11.9 Å². The van der Waals surface area contributed by atoms with Gasteiger partial charge in [0.05, 0.1) is 7.11 Å². The zero-order valence-electron chi connectivity index (χ0n) is 17.0. The van der Waals surface area contributed by atoms with Crippen molar-refractivity contribution in [3.63, 3.8) is 0 Å². The summed E-state index contributed by atoms with van der Waals surface area (Å²) in [5, 5.41) is 9.50. The van der Waals surface area contributed by atoms with Crippen LogP contribution in [0.4, 0.5) is 0 Å². The van der Waals surface area contributed by atoms with Gasteiger partial charge >= 0.3 is 0 Å². The highest BCUT2D eigenvalue weighted by Crippen LogP contribution is 2.21. The van der Waals surface area contributed by atoms with Crippen molar-refractivity contribution in [2.45, 2.75) is 46.6 Å². The second-order valence-corrected chi connectivity index (χ2v) is 7.63. The van der Waals surface area contributed by atoms with E-state index in [0.29, 0.717) is 35.9 Å². The molecule has 0 fully saturated rings. The van der Waals surface area contributed by atoms with Crippen LogP contribution in [0.15, 0.2) is 29.3 Å². The van der Waals surface area contributed by atoms with Gasteiger partial charge in [0.1, 0.15) is 5.75 Å². The van der Waals surface area contributed by atoms with Crippen molar-refractivity contribution in [1.82, 2.24) is 16.0 Å². The van der Waals surface area contributed by atoms with Gasteiger partial charge in [-0.25, -0.2) is 0 Å². The lowest BCUT2D eigenvalue weighted by Crippen LogP contribution is -2.45. The van der Waals surface area contributed by atoms with E-state index in [1.807, 2.05) is 6.07 Å². The lowest BCUT2D eigenvalue weighted by molar-refractivity contribution is 0.0954. The lowest BCUT2D eigenvalue weighted by Gasteiger charge is -2.23. The highest BCUT2D eigenvalue weighted by molar-refractivity contribution is 5.94. The molecule has 0 aliphatic heterocycles. The van der Waals surface area contributed by atoms with Gasteiger partial charge in [0, 0.05) is 31.7 Å². The van der Waals surface area contributed by atoms with Crippen molar-refractivity contribution in [2.24, 2.45) is 10.4 Å². The molecule has 0 radical (unpaired) electrons. The van der Waals surface area contributed by atoms with Crippen molar-refractivity contribution in [3.05, 3.63) is 29.8 Å². The molecular formula is C20H34N4O2. The Morgan fingerprint density at radius 1 is 1.23 bits per heavy atom. The van der Waals surface area contributed by atoms with E-state index >= 15 is 0 Å². The number of hydrogen-bond donors (Lipinski definition) is 3. The molecule has 1 rings (SSSR count). The van der Waals surface area contributed by atoms with Crippen LogP contribution in [0.5, 0.6) is 5.75 Å². The molecule has 0 saturated carbocycles. The smallest absolute Gasteiger partial charge is 0.251 e. The first-order valence-electron chi connectivity index (χ1n) is 9.14. The zero-order valence-corrected chi connectivity index (χ0v) is 17.0. The molecule has 0 heterocycles. The van der Waals surface area contributed by atoms with Crippen LogP contribution in [0.2, 0.25) is 0 Å². The predicted octanol–water partition coefficient (Wildman–Crippen LogP) is 2.80. The second kappa shape index (κ2) is 10.7. The molecule has 0 spiro atoms. The summed E-state index contributed by atoms with van der Waals surface area (Å²) in [6.45, 7) is 10.0. The Labute approximate surface area is 157 Å². The van der Waals surface area contributed by atoms with E-state index in [4.69, 9.17) is 4.74 Å². The van der Waals surface area contributed by atoms with Gasteiger partial charge in [0.15, 0.2) is 5.96 Å². The summed E-state index contributed by atoms with van der Waals surface area (Å²) in [6, 6.07) is 7.45. The van der Waals surface area contributed by atoms with Crippen LogP contribution < -0.4 is 20.7 Å².